The Morgan fingerprint density at radius 3 is 2.96 bits per heavy atom. The van der Waals surface area contributed by atoms with Gasteiger partial charge in [-0.2, -0.15) is 5.10 Å². The lowest BCUT2D eigenvalue weighted by molar-refractivity contribution is 0.205. The minimum absolute atomic E-state index is 0.748. The van der Waals surface area contributed by atoms with Gasteiger partial charge in [-0.25, -0.2) is 4.98 Å². The summed E-state index contributed by atoms with van der Waals surface area (Å²) < 4.78 is 7.10. The highest BCUT2D eigenvalue weighted by Gasteiger charge is 2.14. The Morgan fingerprint density at radius 1 is 1.11 bits per heavy atom. The fraction of sp³-hybridized carbons (Fsp3) is 0.400. The molecule has 0 aliphatic carbocycles. The van der Waals surface area contributed by atoms with Crippen LogP contribution in [0.25, 0.3) is 32.8 Å². The van der Waals surface area contributed by atoms with E-state index in [1.807, 2.05) is 24.3 Å². The summed E-state index contributed by atoms with van der Waals surface area (Å²) in [7, 11) is 0. The number of hydrogen-bond acceptors (Lipinski definition) is 5. The summed E-state index contributed by atoms with van der Waals surface area (Å²) in [6.45, 7) is 4.37. The third kappa shape index (κ3) is 3.44. The second-order valence-electron chi connectivity index (χ2n) is 7.10. The lowest BCUT2D eigenvalue weighted by atomic mass is 10.1. The maximum Gasteiger partial charge on any atom is 0.160 e. The summed E-state index contributed by atoms with van der Waals surface area (Å²) in [4.78, 5) is 10.6. The van der Waals surface area contributed by atoms with Gasteiger partial charge in [-0.05, 0) is 55.9 Å². The van der Waals surface area contributed by atoms with Crippen LogP contribution in [0.1, 0.15) is 25.7 Å². The van der Waals surface area contributed by atoms with Crippen LogP contribution in [0.4, 0.5) is 0 Å². The zero-order chi connectivity index (χ0) is 18.1. The molecule has 1 aliphatic heterocycles. The molecule has 140 valence electrons. The predicted molar refractivity (Wildman–Crippen MR) is 109 cm³/mol. The number of thiophene rings is 1. The topological polar surface area (TPSA) is 69.8 Å². The average Bonchev–Trinajstić information content (AvgIpc) is 3.40. The van der Waals surface area contributed by atoms with Gasteiger partial charge in [-0.15, -0.1) is 11.3 Å². The number of fused-ring (bicyclic) bond motifs is 2. The lowest BCUT2D eigenvalue weighted by Crippen LogP contribution is -2.31. The van der Waals surface area contributed by atoms with Crippen molar-refractivity contribution in [2.45, 2.75) is 25.7 Å². The smallest absolute Gasteiger partial charge is 0.160 e. The van der Waals surface area contributed by atoms with Crippen molar-refractivity contribution in [3.8, 4) is 17.3 Å². The fourth-order valence-electron chi connectivity index (χ4n) is 3.76. The quantitative estimate of drug-likeness (QED) is 0.485. The normalized spacial score (nSPS) is 15.7. The monoisotopic (exact) mass is 381 g/mol. The second kappa shape index (κ2) is 7.32. The van der Waals surface area contributed by atoms with E-state index in [0.29, 0.717) is 0 Å². The number of nitrogens with one attached hydrogen (secondary N) is 2. The van der Waals surface area contributed by atoms with Crippen molar-refractivity contribution in [2.24, 2.45) is 0 Å². The molecule has 27 heavy (non-hydrogen) atoms. The maximum atomic E-state index is 5.97. The molecule has 3 aromatic heterocycles. The van der Waals surface area contributed by atoms with Crippen molar-refractivity contribution in [3.63, 3.8) is 0 Å². The number of hydrogen-bond donors (Lipinski definition) is 2. The molecule has 0 atom stereocenters. The fourth-order valence-corrected chi connectivity index (χ4v) is 4.59. The Bertz CT molecular complexity index is 1040. The molecule has 4 aromatic rings. The van der Waals surface area contributed by atoms with E-state index in [1.165, 1.54) is 32.4 Å². The number of ether oxygens (including phenoxy) is 1. The van der Waals surface area contributed by atoms with E-state index in [-0.39, 0.29) is 0 Å². The molecule has 0 unspecified atom stereocenters. The molecular weight excluding hydrogens is 358 g/mol. The largest absolute Gasteiger partial charge is 0.493 e. The molecular formula is C20H23N5OS. The predicted octanol–water partition coefficient (Wildman–Crippen LogP) is 4.42. The van der Waals surface area contributed by atoms with Crippen LogP contribution in [0, 0.1) is 0 Å². The molecule has 6 nitrogen and oxygen atoms in total. The third-order valence-corrected chi connectivity index (χ3v) is 6.10. The Hall–Kier alpha value is -2.38. The van der Waals surface area contributed by atoms with Crippen molar-refractivity contribution in [3.05, 3.63) is 29.6 Å². The second-order valence-corrected chi connectivity index (χ2v) is 8.02. The number of rotatable bonds is 6. The van der Waals surface area contributed by atoms with Gasteiger partial charge in [-0.1, -0.05) is 6.42 Å². The Kier molecular flexibility index (Phi) is 4.55. The molecule has 1 fully saturated rings. The Balaban J connectivity index is 1.26. The summed E-state index contributed by atoms with van der Waals surface area (Å²) in [5.41, 5.74) is 3.83. The van der Waals surface area contributed by atoms with Crippen LogP contribution < -0.4 is 4.74 Å². The minimum Gasteiger partial charge on any atom is -0.493 e. The number of piperidine rings is 1. The van der Waals surface area contributed by atoms with Crippen LogP contribution in [0.5, 0.6) is 5.75 Å². The molecule has 0 bridgehead atoms. The van der Waals surface area contributed by atoms with E-state index in [0.717, 1.165) is 58.1 Å². The van der Waals surface area contributed by atoms with Crippen molar-refractivity contribution < 1.29 is 4.74 Å². The van der Waals surface area contributed by atoms with Crippen LogP contribution in [-0.4, -0.2) is 51.3 Å². The number of imidazole rings is 1. The minimum atomic E-state index is 0.748. The van der Waals surface area contributed by atoms with E-state index in [2.05, 4.69) is 25.5 Å². The zero-order valence-corrected chi connectivity index (χ0v) is 16.0. The summed E-state index contributed by atoms with van der Waals surface area (Å²) in [6, 6.07) is 8.08. The van der Waals surface area contributed by atoms with Crippen LogP contribution in [-0.2, 0) is 0 Å². The molecule has 0 amide bonds. The van der Waals surface area contributed by atoms with Crippen LogP contribution in [0.3, 0.4) is 0 Å². The summed E-state index contributed by atoms with van der Waals surface area (Å²) in [6.07, 6.45) is 5.13. The lowest BCUT2D eigenvalue weighted by Gasteiger charge is -2.26. The van der Waals surface area contributed by atoms with Gasteiger partial charge in [0.25, 0.3) is 0 Å². The standard InChI is InChI=1S/C20H23N5OS/c1-2-8-25(9-3-1)10-4-11-26-14-5-6-15-17(13-14)22-20(21-15)18-19-16(23-24-18)7-12-27-19/h5-7,12-13H,1-4,8-11H2,(H,21,22)(H,23,24). The SMILES string of the molecule is c1cc2[nH]nc(-c3nc4ccc(OCCCN5CCCCC5)cc4[nH]3)c2s1. The number of nitrogens with zero attached hydrogens (tertiary/aromatic N) is 3. The molecule has 1 aromatic carbocycles. The Labute approximate surface area is 161 Å². The highest BCUT2D eigenvalue weighted by Crippen LogP contribution is 2.30. The van der Waals surface area contributed by atoms with Crippen LogP contribution in [0.2, 0.25) is 0 Å². The molecule has 4 heterocycles. The van der Waals surface area contributed by atoms with Crippen molar-refractivity contribution in [2.75, 3.05) is 26.2 Å². The molecule has 1 aliphatic rings. The first-order valence-corrected chi connectivity index (χ1v) is 10.5. The van der Waals surface area contributed by atoms with Gasteiger partial charge in [0, 0.05) is 12.6 Å². The molecule has 1 saturated heterocycles. The van der Waals surface area contributed by atoms with Gasteiger partial charge >= 0.3 is 0 Å². The maximum absolute atomic E-state index is 5.97. The first kappa shape index (κ1) is 16.8. The van der Waals surface area contributed by atoms with Gasteiger partial charge in [0.2, 0.25) is 0 Å². The van der Waals surface area contributed by atoms with Crippen molar-refractivity contribution >= 4 is 32.6 Å². The summed E-state index contributed by atoms with van der Waals surface area (Å²) >= 11 is 1.67. The first-order valence-electron chi connectivity index (χ1n) is 9.64. The van der Waals surface area contributed by atoms with Gasteiger partial charge in [-0.3, -0.25) is 5.10 Å². The van der Waals surface area contributed by atoms with Gasteiger partial charge in [0.1, 0.15) is 11.4 Å². The van der Waals surface area contributed by atoms with Crippen LogP contribution >= 0.6 is 11.3 Å². The zero-order valence-electron chi connectivity index (χ0n) is 15.2. The first-order chi connectivity index (χ1) is 13.4. The van der Waals surface area contributed by atoms with E-state index >= 15 is 0 Å². The van der Waals surface area contributed by atoms with E-state index in [1.54, 1.807) is 11.3 Å². The molecule has 0 radical (unpaired) electrons. The van der Waals surface area contributed by atoms with Gasteiger partial charge in [0.15, 0.2) is 5.82 Å². The molecule has 7 heteroatoms. The van der Waals surface area contributed by atoms with Crippen molar-refractivity contribution in [1.29, 1.82) is 0 Å². The van der Waals surface area contributed by atoms with E-state index < -0.39 is 0 Å². The Morgan fingerprint density at radius 2 is 2.04 bits per heavy atom. The molecule has 0 spiro atoms. The average molecular weight is 382 g/mol. The van der Waals surface area contributed by atoms with Gasteiger partial charge < -0.3 is 14.6 Å². The molecule has 2 N–H and O–H groups in total. The van der Waals surface area contributed by atoms with Crippen molar-refractivity contribution in [1.82, 2.24) is 25.1 Å². The summed E-state index contributed by atoms with van der Waals surface area (Å²) in [5, 5.41) is 9.52. The van der Waals surface area contributed by atoms with E-state index in [9.17, 15) is 0 Å². The number of H-pyrrole nitrogens is 2. The van der Waals surface area contributed by atoms with Gasteiger partial charge in [0.05, 0.1) is 27.9 Å². The highest BCUT2D eigenvalue weighted by molar-refractivity contribution is 7.17. The summed E-state index contributed by atoms with van der Waals surface area (Å²) in [5.74, 6) is 1.68. The highest BCUT2D eigenvalue weighted by atomic mass is 32.1. The molecule has 5 rings (SSSR count). The number of likely N-dealkylation sites (tertiary alicyclic amines) is 1. The third-order valence-electron chi connectivity index (χ3n) is 5.18. The number of aromatic amines is 2. The molecule has 0 saturated carbocycles. The number of benzene rings is 1. The van der Waals surface area contributed by atoms with Crippen LogP contribution in [0.15, 0.2) is 29.6 Å². The number of aromatic nitrogens is 4. The van der Waals surface area contributed by atoms with E-state index in [4.69, 9.17) is 9.72 Å².